The third kappa shape index (κ3) is 6.66. The number of likely N-dealkylation sites (tertiary alicyclic amines) is 1. The summed E-state index contributed by atoms with van der Waals surface area (Å²) in [6, 6.07) is 0.537. The molecule has 0 radical (unpaired) electrons. The molecule has 0 bridgehead atoms. The first-order valence-corrected chi connectivity index (χ1v) is 7.91. The number of ether oxygens (including phenoxy) is 1. The van der Waals surface area contributed by atoms with Gasteiger partial charge in [-0.25, -0.2) is 4.79 Å². The van der Waals surface area contributed by atoms with Crippen LogP contribution in [0, 0.1) is 0 Å². The molecule has 1 saturated heterocycles. The van der Waals surface area contributed by atoms with Crippen LogP contribution in [-0.4, -0.2) is 66.3 Å². The fourth-order valence-corrected chi connectivity index (χ4v) is 2.50. The molecular weight excluding hydrogens is 266 g/mol. The van der Waals surface area contributed by atoms with Crippen molar-refractivity contribution in [1.29, 1.82) is 0 Å². The fourth-order valence-electron chi connectivity index (χ4n) is 2.50. The Kier molecular flexibility index (Phi) is 6.05. The Labute approximate surface area is 130 Å². The summed E-state index contributed by atoms with van der Waals surface area (Å²) in [5.41, 5.74) is -0.696. The quantitative estimate of drug-likeness (QED) is 0.865. The number of amides is 1. The minimum atomic E-state index is -0.456. The minimum Gasteiger partial charge on any atom is -0.444 e. The number of hydrogen-bond acceptors (Lipinski definition) is 4. The molecule has 1 aliphatic heterocycles. The second kappa shape index (κ2) is 6.97. The van der Waals surface area contributed by atoms with Gasteiger partial charge >= 0.3 is 6.09 Å². The Morgan fingerprint density at radius 1 is 1.29 bits per heavy atom. The Hall–Kier alpha value is -0.810. The lowest BCUT2D eigenvalue weighted by molar-refractivity contribution is 0.00648. The minimum absolute atomic E-state index is 0.236. The zero-order chi connectivity index (χ0) is 16.3. The van der Waals surface area contributed by atoms with Crippen molar-refractivity contribution < 1.29 is 9.53 Å². The van der Waals surface area contributed by atoms with Gasteiger partial charge in [0.25, 0.3) is 0 Å². The summed E-state index contributed by atoms with van der Waals surface area (Å²) < 4.78 is 5.52. The van der Waals surface area contributed by atoms with Gasteiger partial charge < -0.3 is 19.9 Å². The molecule has 1 fully saturated rings. The third-order valence-electron chi connectivity index (χ3n) is 3.58. The molecule has 124 valence electrons. The maximum Gasteiger partial charge on any atom is 0.410 e. The topological polar surface area (TPSA) is 44.8 Å². The molecule has 0 saturated carbocycles. The van der Waals surface area contributed by atoms with E-state index >= 15 is 0 Å². The van der Waals surface area contributed by atoms with Crippen molar-refractivity contribution >= 4 is 6.09 Å². The molecule has 1 atom stereocenters. The van der Waals surface area contributed by atoms with Gasteiger partial charge in [-0.2, -0.15) is 0 Å². The van der Waals surface area contributed by atoms with E-state index < -0.39 is 5.60 Å². The highest BCUT2D eigenvalue weighted by Gasteiger charge is 2.30. The molecule has 5 nitrogen and oxygen atoms in total. The highest BCUT2D eigenvalue weighted by atomic mass is 16.6. The zero-order valence-electron chi connectivity index (χ0n) is 14.8. The van der Waals surface area contributed by atoms with Gasteiger partial charge in [0.2, 0.25) is 0 Å². The van der Waals surface area contributed by atoms with E-state index in [0.29, 0.717) is 12.6 Å². The van der Waals surface area contributed by atoms with Crippen LogP contribution in [0.1, 0.15) is 48.0 Å². The molecule has 1 rings (SSSR count). The second-order valence-electron chi connectivity index (χ2n) is 8.00. The molecule has 1 heterocycles. The maximum absolute atomic E-state index is 12.4. The van der Waals surface area contributed by atoms with Gasteiger partial charge in [0, 0.05) is 31.2 Å². The molecule has 1 aliphatic rings. The summed E-state index contributed by atoms with van der Waals surface area (Å²) in [6.45, 7) is 15.5. The largest absolute Gasteiger partial charge is 0.444 e. The van der Waals surface area contributed by atoms with E-state index in [2.05, 4.69) is 17.3 Å². The molecular formula is C16H33N3O2. The molecule has 1 amide bonds. The number of carbonyl (C=O) groups excluding carboxylic acids is 1. The molecule has 1 N–H and O–H groups in total. The van der Waals surface area contributed by atoms with Crippen LogP contribution >= 0.6 is 0 Å². The van der Waals surface area contributed by atoms with E-state index in [1.54, 1.807) is 0 Å². The van der Waals surface area contributed by atoms with Crippen LogP contribution in [0.25, 0.3) is 0 Å². The summed E-state index contributed by atoms with van der Waals surface area (Å²) in [7, 11) is 2.14. The van der Waals surface area contributed by atoms with Crippen LogP contribution in [0.3, 0.4) is 0 Å². The number of nitrogens with zero attached hydrogens (tertiary/aromatic N) is 2. The van der Waals surface area contributed by atoms with Gasteiger partial charge in [0.1, 0.15) is 5.60 Å². The lowest BCUT2D eigenvalue weighted by Crippen LogP contribution is -2.51. The average Bonchev–Trinajstić information content (AvgIpc) is 2.66. The average molecular weight is 299 g/mol. The van der Waals surface area contributed by atoms with E-state index in [9.17, 15) is 4.79 Å². The molecule has 0 aliphatic carbocycles. The standard InChI is InChI=1S/C16H33N3O2/c1-15(2,3)19(14(20)21-16(4,5)6)11-9-17-13-8-10-18(7)12-13/h13,17H,8-12H2,1-7H3. The van der Waals surface area contributed by atoms with Crippen molar-refractivity contribution in [2.45, 2.75) is 65.1 Å². The van der Waals surface area contributed by atoms with Crippen LogP contribution in [0.5, 0.6) is 0 Å². The first kappa shape index (κ1) is 18.2. The highest BCUT2D eigenvalue weighted by molar-refractivity contribution is 5.69. The predicted octanol–water partition coefficient (Wildman–Crippen LogP) is 2.32. The highest BCUT2D eigenvalue weighted by Crippen LogP contribution is 2.18. The normalized spacial score (nSPS) is 20.6. The van der Waals surface area contributed by atoms with Crippen LogP contribution in [0.2, 0.25) is 0 Å². The number of rotatable bonds is 4. The van der Waals surface area contributed by atoms with Gasteiger partial charge in [-0.15, -0.1) is 0 Å². The van der Waals surface area contributed by atoms with Gasteiger partial charge in [-0.05, 0) is 61.6 Å². The van der Waals surface area contributed by atoms with Crippen molar-refractivity contribution in [2.24, 2.45) is 0 Å². The SMILES string of the molecule is CN1CCC(NCCN(C(=O)OC(C)(C)C)C(C)(C)C)C1. The number of likely N-dealkylation sites (N-methyl/N-ethyl adjacent to an activating group) is 1. The van der Waals surface area contributed by atoms with Crippen LogP contribution in [-0.2, 0) is 4.74 Å². The fraction of sp³-hybridized carbons (Fsp3) is 0.938. The first-order chi connectivity index (χ1) is 9.49. The van der Waals surface area contributed by atoms with E-state index in [-0.39, 0.29) is 11.6 Å². The van der Waals surface area contributed by atoms with E-state index in [1.165, 1.54) is 6.42 Å². The van der Waals surface area contributed by atoms with Crippen molar-refractivity contribution in [1.82, 2.24) is 15.1 Å². The Morgan fingerprint density at radius 3 is 2.33 bits per heavy atom. The van der Waals surface area contributed by atoms with Crippen LogP contribution < -0.4 is 5.32 Å². The number of hydrogen-bond donors (Lipinski definition) is 1. The Bertz CT molecular complexity index is 344. The lowest BCUT2D eigenvalue weighted by atomic mass is 10.1. The maximum atomic E-state index is 12.4. The van der Waals surface area contributed by atoms with Gasteiger partial charge in [-0.1, -0.05) is 0 Å². The molecule has 5 heteroatoms. The lowest BCUT2D eigenvalue weighted by Gasteiger charge is -2.37. The van der Waals surface area contributed by atoms with Gasteiger partial charge in [-0.3, -0.25) is 0 Å². The first-order valence-electron chi connectivity index (χ1n) is 7.91. The monoisotopic (exact) mass is 299 g/mol. The summed E-state index contributed by atoms with van der Waals surface area (Å²) >= 11 is 0. The molecule has 1 unspecified atom stereocenters. The summed E-state index contributed by atoms with van der Waals surface area (Å²) in [5, 5.41) is 3.54. The zero-order valence-corrected chi connectivity index (χ0v) is 14.8. The molecule has 0 aromatic rings. The molecule has 21 heavy (non-hydrogen) atoms. The number of carbonyl (C=O) groups is 1. The summed E-state index contributed by atoms with van der Waals surface area (Å²) in [5.74, 6) is 0. The summed E-state index contributed by atoms with van der Waals surface area (Å²) in [4.78, 5) is 16.5. The van der Waals surface area contributed by atoms with Crippen molar-refractivity contribution in [3.8, 4) is 0 Å². The Balaban J connectivity index is 2.49. The van der Waals surface area contributed by atoms with Crippen LogP contribution in [0.15, 0.2) is 0 Å². The summed E-state index contributed by atoms with van der Waals surface area (Å²) in [6.07, 6.45) is 0.943. The van der Waals surface area contributed by atoms with E-state index in [0.717, 1.165) is 19.6 Å². The number of nitrogens with one attached hydrogen (secondary N) is 1. The predicted molar refractivity (Wildman–Crippen MR) is 86.6 cm³/mol. The molecule has 0 aromatic carbocycles. The Morgan fingerprint density at radius 2 is 1.90 bits per heavy atom. The smallest absolute Gasteiger partial charge is 0.410 e. The van der Waals surface area contributed by atoms with Crippen molar-refractivity contribution in [3.63, 3.8) is 0 Å². The third-order valence-corrected chi connectivity index (χ3v) is 3.58. The molecule has 0 aromatic heterocycles. The van der Waals surface area contributed by atoms with Gasteiger partial charge in [0.15, 0.2) is 0 Å². The van der Waals surface area contributed by atoms with E-state index in [1.807, 2.05) is 46.4 Å². The van der Waals surface area contributed by atoms with Crippen molar-refractivity contribution in [3.05, 3.63) is 0 Å². The van der Waals surface area contributed by atoms with Crippen molar-refractivity contribution in [2.75, 3.05) is 33.2 Å². The van der Waals surface area contributed by atoms with Gasteiger partial charge in [0.05, 0.1) is 0 Å². The van der Waals surface area contributed by atoms with Crippen LogP contribution in [0.4, 0.5) is 4.79 Å². The second-order valence-corrected chi connectivity index (χ2v) is 8.00. The molecule has 0 spiro atoms. The van der Waals surface area contributed by atoms with E-state index in [4.69, 9.17) is 4.74 Å².